The van der Waals surface area contributed by atoms with Gasteiger partial charge < -0.3 is 15.5 Å². The summed E-state index contributed by atoms with van der Waals surface area (Å²) in [5, 5.41) is 0. The number of halogens is 1. The van der Waals surface area contributed by atoms with Crippen LogP contribution in [0, 0.1) is 5.82 Å². The van der Waals surface area contributed by atoms with Crippen molar-refractivity contribution in [2.24, 2.45) is 10.7 Å². The Morgan fingerprint density at radius 2 is 1.90 bits per heavy atom. The van der Waals surface area contributed by atoms with Gasteiger partial charge in [0.15, 0.2) is 5.96 Å². The molecule has 0 atom stereocenters. The second kappa shape index (κ2) is 5.30. The fourth-order valence-corrected chi connectivity index (χ4v) is 3.46. The molecule has 2 N–H and O–H groups in total. The van der Waals surface area contributed by atoms with Gasteiger partial charge in [0.25, 0.3) is 0 Å². The predicted octanol–water partition coefficient (Wildman–Crippen LogP) is 2.20. The molecule has 3 rings (SSSR count). The summed E-state index contributed by atoms with van der Waals surface area (Å²) in [6, 6.07) is 7.37. The van der Waals surface area contributed by atoms with Crippen LogP contribution in [0.4, 0.5) is 10.1 Å². The van der Waals surface area contributed by atoms with Gasteiger partial charge in [-0.15, -0.1) is 0 Å². The molecule has 0 unspecified atom stereocenters. The van der Waals surface area contributed by atoms with Crippen molar-refractivity contribution in [2.75, 3.05) is 24.5 Å². The van der Waals surface area contributed by atoms with E-state index in [0.29, 0.717) is 24.2 Å². The van der Waals surface area contributed by atoms with E-state index in [2.05, 4.69) is 23.7 Å². The molecule has 0 aromatic heterocycles. The van der Waals surface area contributed by atoms with Crippen LogP contribution in [-0.4, -0.2) is 42.1 Å². The van der Waals surface area contributed by atoms with Crippen LogP contribution in [-0.2, 0) is 0 Å². The van der Waals surface area contributed by atoms with Crippen molar-refractivity contribution in [3.8, 4) is 0 Å². The predicted molar refractivity (Wildman–Crippen MR) is 84.0 cm³/mol. The van der Waals surface area contributed by atoms with E-state index in [9.17, 15) is 4.39 Å². The largest absolute Gasteiger partial charge is 0.369 e. The fraction of sp³-hybridized carbons (Fsp3) is 0.562. The van der Waals surface area contributed by atoms with E-state index in [0.717, 1.165) is 25.9 Å². The van der Waals surface area contributed by atoms with Gasteiger partial charge in [-0.1, -0.05) is 12.1 Å². The zero-order valence-electron chi connectivity index (χ0n) is 12.7. The Morgan fingerprint density at radius 3 is 2.52 bits per heavy atom. The highest BCUT2D eigenvalue weighted by Gasteiger charge is 2.46. The van der Waals surface area contributed by atoms with Gasteiger partial charge in [0.2, 0.25) is 0 Å². The van der Waals surface area contributed by atoms with Crippen molar-refractivity contribution in [2.45, 2.75) is 38.3 Å². The molecular weight excluding hydrogens is 267 g/mol. The highest BCUT2D eigenvalue weighted by Crippen LogP contribution is 2.38. The van der Waals surface area contributed by atoms with Crippen molar-refractivity contribution >= 4 is 11.6 Å². The first-order valence-electron chi connectivity index (χ1n) is 7.62. The van der Waals surface area contributed by atoms with E-state index in [-0.39, 0.29) is 11.4 Å². The molecule has 21 heavy (non-hydrogen) atoms. The summed E-state index contributed by atoms with van der Waals surface area (Å²) in [5.74, 6) is 0.210. The number of anilines is 1. The lowest BCUT2D eigenvalue weighted by Crippen LogP contribution is -2.58. The fourth-order valence-electron chi connectivity index (χ4n) is 3.46. The second-order valence-electron chi connectivity index (χ2n) is 6.32. The van der Waals surface area contributed by atoms with E-state index in [1.54, 1.807) is 12.1 Å². The number of guanidine groups is 1. The van der Waals surface area contributed by atoms with Gasteiger partial charge in [-0.25, -0.2) is 4.39 Å². The molecule has 1 aromatic carbocycles. The number of hydrogen-bond acceptors (Lipinski definition) is 4. The Bertz CT molecular complexity index is 547. The van der Waals surface area contributed by atoms with Crippen LogP contribution >= 0.6 is 0 Å². The number of rotatable bonds is 2. The molecule has 5 heteroatoms. The van der Waals surface area contributed by atoms with Crippen LogP contribution in [0.2, 0.25) is 0 Å². The summed E-state index contributed by atoms with van der Waals surface area (Å²) in [6.07, 6.45) is 1.92. The molecule has 0 amide bonds. The number of piperidine rings is 1. The molecule has 2 aliphatic rings. The maximum atomic E-state index is 14.2. The van der Waals surface area contributed by atoms with Gasteiger partial charge in [-0.05, 0) is 38.8 Å². The number of benzene rings is 1. The minimum atomic E-state index is -0.233. The van der Waals surface area contributed by atoms with Gasteiger partial charge in [-0.3, -0.25) is 4.99 Å². The van der Waals surface area contributed by atoms with Crippen molar-refractivity contribution in [1.82, 2.24) is 4.90 Å². The molecule has 114 valence electrons. The van der Waals surface area contributed by atoms with E-state index >= 15 is 0 Å². The minimum Gasteiger partial charge on any atom is -0.369 e. The summed E-state index contributed by atoms with van der Waals surface area (Å²) in [7, 11) is 0. The van der Waals surface area contributed by atoms with Crippen LogP contribution in [0.3, 0.4) is 0 Å². The smallest absolute Gasteiger partial charge is 0.196 e. The van der Waals surface area contributed by atoms with Gasteiger partial charge in [0, 0.05) is 19.1 Å². The number of hydrogen-bond donors (Lipinski definition) is 1. The molecule has 2 aliphatic heterocycles. The van der Waals surface area contributed by atoms with Crippen LogP contribution < -0.4 is 10.6 Å². The first kappa shape index (κ1) is 14.3. The second-order valence-corrected chi connectivity index (χ2v) is 6.32. The zero-order valence-corrected chi connectivity index (χ0v) is 12.7. The lowest BCUT2D eigenvalue weighted by atomic mass is 9.85. The molecule has 4 nitrogen and oxygen atoms in total. The van der Waals surface area contributed by atoms with Crippen molar-refractivity contribution in [1.29, 1.82) is 0 Å². The minimum absolute atomic E-state index is 0.155. The Morgan fingerprint density at radius 1 is 1.24 bits per heavy atom. The molecule has 0 bridgehead atoms. The van der Waals surface area contributed by atoms with E-state index in [1.165, 1.54) is 6.07 Å². The lowest BCUT2D eigenvalue weighted by Gasteiger charge is -2.46. The molecule has 1 spiro atoms. The average molecular weight is 290 g/mol. The molecule has 1 fully saturated rings. The van der Waals surface area contributed by atoms with Crippen molar-refractivity contribution < 1.29 is 4.39 Å². The van der Waals surface area contributed by atoms with Crippen LogP contribution in [0.25, 0.3) is 0 Å². The summed E-state index contributed by atoms with van der Waals surface area (Å²) in [6.45, 7) is 7.11. The first-order chi connectivity index (χ1) is 10.0. The van der Waals surface area contributed by atoms with E-state index < -0.39 is 0 Å². The number of para-hydroxylation sites is 1. The van der Waals surface area contributed by atoms with Crippen molar-refractivity contribution in [3.05, 3.63) is 30.1 Å². The van der Waals surface area contributed by atoms with Crippen LogP contribution in [0.5, 0.6) is 0 Å². The Kier molecular flexibility index (Phi) is 3.61. The van der Waals surface area contributed by atoms with Crippen LogP contribution in [0.15, 0.2) is 29.3 Å². The maximum Gasteiger partial charge on any atom is 0.196 e. The summed E-state index contributed by atoms with van der Waals surface area (Å²) in [5.41, 5.74) is 6.47. The number of nitrogens with two attached hydrogens (primary N) is 1. The lowest BCUT2D eigenvalue weighted by molar-refractivity contribution is 0.139. The van der Waals surface area contributed by atoms with E-state index in [4.69, 9.17) is 5.73 Å². The quantitative estimate of drug-likeness (QED) is 0.908. The van der Waals surface area contributed by atoms with Gasteiger partial charge in [0.05, 0.1) is 17.8 Å². The number of aliphatic imine (C=N–C) groups is 1. The summed E-state index contributed by atoms with van der Waals surface area (Å²) < 4.78 is 14.2. The van der Waals surface area contributed by atoms with E-state index in [1.807, 2.05) is 11.0 Å². The molecule has 1 aromatic rings. The molecule has 0 radical (unpaired) electrons. The molecule has 2 heterocycles. The highest BCUT2D eigenvalue weighted by atomic mass is 19.1. The van der Waals surface area contributed by atoms with Crippen molar-refractivity contribution in [3.63, 3.8) is 0 Å². The Hall–Kier alpha value is -1.62. The Balaban J connectivity index is 1.88. The molecule has 1 saturated heterocycles. The van der Waals surface area contributed by atoms with Crippen LogP contribution in [0.1, 0.15) is 26.7 Å². The van der Waals surface area contributed by atoms with Gasteiger partial charge in [-0.2, -0.15) is 0 Å². The normalized spacial score (nSPS) is 22.1. The standard InChI is InChI=1S/C16H23FN4/c1-12(2)20-9-7-16(8-10-20)11-19-15(18)21(16)14-6-4-3-5-13(14)17/h3-6,12H,7-11H2,1-2H3,(H2,18,19). The number of likely N-dealkylation sites (tertiary alicyclic amines) is 1. The highest BCUT2D eigenvalue weighted by molar-refractivity contribution is 5.98. The summed E-state index contributed by atoms with van der Waals surface area (Å²) in [4.78, 5) is 8.81. The SMILES string of the molecule is CC(C)N1CCC2(CC1)CN=C(N)N2c1ccccc1F. The first-order valence-corrected chi connectivity index (χ1v) is 7.62. The maximum absolute atomic E-state index is 14.2. The third-order valence-electron chi connectivity index (χ3n) is 4.79. The monoisotopic (exact) mass is 290 g/mol. The zero-order chi connectivity index (χ0) is 15.0. The third kappa shape index (κ3) is 2.39. The van der Waals surface area contributed by atoms with Gasteiger partial charge in [0.1, 0.15) is 5.82 Å². The molecular formula is C16H23FN4. The average Bonchev–Trinajstić information content (AvgIpc) is 2.77. The topological polar surface area (TPSA) is 44.9 Å². The number of nitrogens with zero attached hydrogens (tertiary/aromatic N) is 3. The molecule has 0 saturated carbocycles. The van der Waals surface area contributed by atoms with Gasteiger partial charge >= 0.3 is 0 Å². The Labute approximate surface area is 125 Å². The third-order valence-corrected chi connectivity index (χ3v) is 4.79. The molecule has 0 aliphatic carbocycles. The summed E-state index contributed by atoms with van der Waals surface area (Å²) >= 11 is 0.